The Hall–Kier alpha value is -1.73. The Bertz CT molecular complexity index is 454. The van der Waals surface area contributed by atoms with E-state index < -0.39 is 5.97 Å². The first-order valence-electron chi connectivity index (χ1n) is 5.24. The molecule has 0 aliphatic rings. The first-order valence-corrected chi connectivity index (χ1v) is 5.62. The molecule has 0 aliphatic carbocycles. The lowest BCUT2D eigenvalue weighted by atomic mass is 10.1. The molecule has 4 nitrogen and oxygen atoms in total. The van der Waals surface area contributed by atoms with E-state index in [-0.39, 0.29) is 12.5 Å². The number of rotatable bonds is 5. The van der Waals surface area contributed by atoms with Gasteiger partial charge in [-0.25, -0.2) is 0 Å². The van der Waals surface area contributed by atoms with E-state index in [1.54, 1.807) is 18.2 Å². The van der Waals surface area contributed by atoms with Crippen LogP contribution in [0.2, 0.25) is 5.02 Å². The number of carbonyl (C=O) groups is 1. The second kappa shape index (κ2) is 6.12. The second-order valence-corrected chi connectivity index (χ2v) is 4.06. The molecule has 1 unspecified atom stereocenters. The number of benzene rings is 1. The third-order valence-corrected chi connectivity index (χ3v) is 2.69. The highest BCUT2D eigenvalue weighted by Gasteiger charge is 2.11. The highest BCUT2D eigenvalue weighted by Crippen LogP contribution is 2.21. The minimum Gasteiger partial charge on any atom is -0.481 e. The molecule has 0 heterocycles. The number of nitriles is 1. The van der Waals surface area contributed by atoms with Gasteiger partial charge in [-0.05, 0) is 24.6 Å². The molecule has 0 radical (unpaired) electrons. The maximum absolute atomic E-state index is 10.6. The van der Waals surface area contributed by atoms with Gasteiger partial charge >= 0.3 is 5.97 Å². The smallest absolute Gasteiger partial charge is 0.305 e. The predicted molar refractivity (Wildman–Crippen MR) is 66.1 cm³/mol. The van der Waals surface area contributed by atoms with Crippen LogP contribution in [0.1, 0.15) is 25.3 Å². The van der Waals surface area contributed by atoms with E-state index in [0.717, 1.165) is 5.69 Å². The van der Waals surface area contributed by atoms with Crippen molar-refractivity contribution in [3.63, 3.8) is 0 Å². The van der Waals surface area contributed by atoms with Gasteiger partial charge in [-0.3, -0.25) is 4.79 Å². The van der Waals surface area contributed by atoms with Gasteiger partial charge in [-0.15, -0.1) is 0 Å². The molecule has 0 fully saturated rings. The van der Waals surface area contributed by atoms with E-state index in [2.05, 4.69) is 5.32 Å². The normalized spacial score (nSPS) is 11.6. The maximum Gasteiger partial charge on any atom is 0.305 e. The van der Waals surface area contributed by atoms with Crippen LogP contribution in [0, 0.1) is 11.3 Å². The van der Waals surface area contributed by atoms with Crippen LogP contribution in [-0.4, -0.2) is 17.1 Å². The molecule has 1 aromatic carbocycles. The fraction of sp³-hybridized carbons (Fsp3) is 0.333. The van der Waals surface area contributed by atoms with E-state index >= 15 is 0 Å². The molecular formula is C12H13ClN2O2. The summed E-state index contributed by atoms with van der Waals surface area (Å²) in [5, 5.41) is 20.9. The van der Waals surface area contributed by atoms with Crippen LogP contribution in [0.25, 0.3) is 0 Å². The van der Waals surface area contributed by atoms with E-state index in [1.807, 2.05) is 13.0 Å². The Kier molecular flexibility index (Phi) is 4.80. The van der Waals surface area contributed by atoms with Gasteiger partial charge in [0.1, 0.15) is 6.07 Å². The van der Waals surface area contributed by atoms with Crippen molar-refractivity contribution in [1.82, 2.24) is 0 Å². The summed E-state index contributed by atoms with van der Waals surface area (Å²) in [5.41, 5.74) is 1.13. The maximum atomic E-state index is 10.6. The zero-order chi connectivity index (χ0) is 12.8. The number of anilines is 1. The van der Waals surface area contributed by atoms with Gasteiger partial charge in [0.25, 0.3) is 0 Å². The number of hydrogen-bond donors (Lipinski definition) is 2. The third-order valence-electron chi connectivity index (χ3n) is 2.37. The van der Waals surface area contributed by atoms with Gasteiger partial charge in [-0.2, -0.15) is 5.26 Å². The number of carboxylic acids is 1. The Morgan fingerprint density at radius 2 is 2.35 bits per heavy atom. The fourth-order valence-corrected chi connectivity index (χ4v) is 1.66. The van der Waals surface area contributed by atoms with Crippen molar-refractivity contribution in [2.75, 3.05) is 5.32 Å². The molecule has 0 aromatic heterocycles. The Morgan fingerprint density at radius 1 is 1.65 bits per heavy atom. The third kappa shape index (κ3) is 3.97. The summed E-state index contributed by atoms with van der Waals surface area (Å²) in [5.74, 6) is -0.843. The molecule has 90 valence electrons. The molecule has 0 saturated carbocycles. The first kappa shape index (κ1) is 13.3. The summed E-state index contributed by atoms with van der Waals surface area (Å²) >= 11 is 5.88. The standard InChI is InChI=1S/C12H13ClN2O2/c1-2-9(6-12(16)17)15-10-4-3-8(7-14)11(13)5-10/h3-5,9,15H,2,6H2,1H3,(H,16,17). The van der Waals surface area contributed by atoms with Crippen molar-refractivity contribution in [2.24, 2.45) is 0 Å². The zero-order valence-electron chi connectivity index (χ0n) is 9.40. The number of hydrogen-bond acceptors (Lipinski definition) is 3. The van der Waals surface area contributed by atoms with Crippen molar-refractivity contribution in [3.05, 3.63) is 28.8 Å². The van der Waals surface area contributed by atoms with Crippen molar-refractivity contribution in [3.8, 4) is 6.07 Å². The molecule has 0 saturated heterocycles. The molecule has 0 amide bonds. The Morgan fingerprint density at radius 3 is 2.82 bits per heavy atom. The molecule has 0 aliphatic heterocycles. The largest absolute Gasteiger partial charge is 0.481 e. The molecule has 2 N–H and O–H groups in total. The van der Waals surface area contributed by atoms with E-state index in [1.165, 1.54) is 0 Å². The van der Waals surface area contributed by atoms with Crippen molar-refractivity contribution in [1.29, 1.82) is 5.26 Å². The van der Waals surface area contributed by atoms with Crippen LogP contribution in [0.5, 0.6) is 0 Å². The van der Waals surface area contributed by atoms with Crippen LogP contribution in [0.15, 0.2) is 18.2 Å². The lowest BCUT2D eigenvalue weighted by Gasteiger charge is -2.16. The summed E-state index contributed by atoms with van der Waals surface area (Å²) in [7, 11) is 0. The van der Waals surface area contributed by atoms with Crippen LogP contribution < -0.4 is 5.32 Å². The molecule has 1 atom stereocenters. The highest BCUT2D eigenvalue weighted by molar-refractivity contribution is 6.32. The summed E-state index contributed by atoms with van der Waals surface area (Å²) in [6, 6.07) is 6.78. The monoisotopic (exact) mass is 252 g/mol. The molecule has 1 aromatic rings. The average Bonchev–Trinajstić information content (AvgIpc) is 2.27. The summed E-state index contributed by atoms with van der Waals surface area (Å²) in [6.07, 6.45) is 0.748. The lowest BCUT2D eigenvalue weighted by Crippen LogP contribution is -2.22. The second-order valence-electron chi connectivity index (χ2n) is 3.65. The molecule has 17 heavy (non-hydrogen) atoms. The van der Waals surface area contributed by atoms with Gasteiger partial charge in [0.15, 0.2) is 0 Å². The Labute approximate surface area is 105 Å². The summed E-state index contributed by atoms with van der Waals surface area (Å²) in [4.78, 5) is 10.6. The van der Waals surface area contributed by atoms with E-state index in [4.69, 9.17) is 22.0 Å². The number of carboxylic acid groups (broad SMARTS) is 1. The molecular weight excluding hydrogens is 240 g/mol. The SMILES string of the molecule is CCC(CC(=O)O)Nc1ccc(C#N)c(Cl)c1. The fourth-order valence-electron chi connectivity index (χ4n) is 1.44. The number of aliphatic carboxylic acids is 1. The topological polar surface area (TPSA) is 73.1 Å². The van der Waals surface area contributed by atoms with Crippen LogP contribution >= 0.6 is 11.6 Å². The van der Waals surface area contributed by atoms with E-state index in [0.29, 0.717) is 17.0 Å². The highest BCUT2D eigenvalue weighted by atomic mass is 35.5. The van der Waals surface area contributed by atoms with Gasteiger partial charge in [-0.1, -0.05) is 18.5 Å². The van der Waals surface area contributed by atoms with Crippen LogP contribution in [0.4, 0.5) is 5.69 Å². The quantitative estimate of drug-likeness (QED) is 0.845. The summed E-state index contributed by atoms with van der Waals surface area (Å²) in [6.45, 7) is 1.91. The molecule has 5 heteroatoms. The van der Waals surface area contributed by atoms with Crippen molar-refractivity contribution < 1.29 is 9.90 Å². The first-order chi connectivity index (χ1) is 8.06. The van der Waals surface area contributed by atoms with Gasteiger partial charge in [0.2, 0.25) is 0 Å². The van der Waals surface area contributed by atoms with Crippen molar-refractivity contribution >= 4 is 23.3 Å². The van der Waals surface area contributed by atoms with Gasteiger partial charge in [0.05, 0.1) is 17.0 Å². The number of nitrogens with one attached hydrogen (secondary N) is 1. The van der Waals surface area contributed by atoms with E-state index in [9.17, 15) is 4.79 Å². The average molecular weight is 253 g/mol. The van der Waals surface area contributed by atoms with Crippen molar-refractivity contribution in [2.45, 2.75) is 25.8 Å². The number of halogens is 1. The molecule has 0 spiro atoms. The Balaban J connectivity index is 2.77. The molecule has 1 rings (SSSR count). The zero-order valence-corrected chi connectivity index (χ0v) is 10.2. The minimum atomic E-state index is -0.843. The number of nitrogens with zero attached hydrogens (tertiary/aromatic N) is 1. The van der Waals surface area contributed by atoms with Crippen LogP contribution in [0.3, 0.4) is 0 Å². The summed E-state index contributed by atoms with van der Waals surface area (Å²) < 4.78 is 0. The minimum absolute atomic E-state index is 0.0497. The molecule has 0 bridgehead atoms. The lowest BCUT2D eigenvalue weighted by molar-refractivity contribution is -0.137. The van der Waals surface area contributed by atoms with Crippen LogP contribution in [-0.2, 0) is 4.79 Å². The predicted octanol–water partition coefficient (Wildman–Crippen LogP) is 2.88. The van der Waals surface area contributed by atoms with Gasteiger partial charge in [0, 0.05) is 11.7 Å². The van der Waals surface area contributed by atoms with Gasteiger partial charge < -0.3 is 10.4 Å².